The van der Waals surface area contributed by atoms with E-state index in [1.807, 2.05) is 47.1 Å². The minimum Gasteiger partial charge on any atom is -0.486 e. The van der Waals surface area contributed by atoms with Gasteiger partial charge in [-0.25, -0.2) is 4.98 Å². The van der Waals surface area contributed by atoms with Gasteiger partial charge in [-0.1, -0.05) is 18.2 Å². The predicted molar refractivity (Wildman–Crippen MR) is 79.4 cm³/mol. The Morgan fingerprint density at radius 2 is 2.05 bits per heavy atom. The monoisotopic (exact) mass is 281 g/mol. The van der Waals surface area contributed by atoms with Gasteiger partial charge < -0.3 is 14.5 Å². The van der Waals surface area contributed by atoms with E-state index in [2.05, 4.69) is 10.3 Å². The van der Waals surface area contributed by atoms with Gasteiger partial charge in [0.1, 0.15) is 18.0 Å². The maximum Gasteiger partial charge on any atom is 0.254 e. The van der Waals surface area contributed by atoms with E-state index in [9.17, 15) is 4.79 Å². The summed E-state index contributed by atoms with van der Waals surface area (Å²) in [5.41, 5.74) is 2.20. The average Bonchev–Trinajstić information content (AvgIpc) is 2.95. The summed E-state index contributed by atoms with van der Waals surface area (Å²) in [6.07, 6.45) is 3.85. The Labute approximate surface area is 122 Å². The Morgan fingerprint density at radius 3 is 2.86 bits per heavy atom. The molecule has 1 aromatic carbocycles. The Balaban J connectivity index is 1.80. The molecule has 0 aliphatic rings. The fraction of sp³-hybridized carbons (Fsp3) is 0.125. The maximum atomic E-state index is 11.8. The first-order chi connectivity index (χ1) is 10.3. The van der Waals surface area contributed by atoms with Gasteiger partial charge in [-0.15, -0.1) is 0 Å². The maximum absolute atomic E-state index is 11.8. The molecule has 0 radical (unpaired) electrons. The highest BCUT2D eigenvalue weighted by molar-refractivity contribution is 5.96. The summed E-state index contributed by atoms with van der Waals surface area (Å²) in [6.45, 7) is 0.315. The Kier molecular flexibility index (Phi) is 3.55. The summed E-state index contributed by atoms with van der Waals surface area (Å²) < 4.78 is 7.67. The molecule has 0 saturated heterocycles. The highest BCUT2D eigenvalue weighted by atomic mass is 16.5. The van der Waals surface area contributed by atoms with Crippen LogP contribution in [-0.2, 0) is 6.61 Å². The molecule has 5 heteroatoms. The first-order valence-electron chi connectivity index (χ1n) is 6.64. The standard InChI is InChI=1S/C16H15N3O2/c1-17-16(20)13-6-2-3-7-14(13)21-11-12-10-19-9-5-4-8-15(19)18-12/h2-10H,11H2,1H3,(H,17,20). The van der Waals surface area contributed by atoms with E-state index in [1.165, 1.54) is 0 Å². The van der Waals surface area contributed by atoms with Crippen LogP contribution in [-0.4, -0.2) is 22.3 Å². The summed E-state index contributed by atoms with van der Waals surface area (Å²) in [7, 11) is 1.60. The van der Waals surface area contributed by atoms with Crippen LogP contribution in [0.15, 0.2) is 54.9 Å². The van der Waals surface area contributed by atoms with Crippen LogP contribution in [0.1, 0.15) is 16.1 Å². The lowest BCUT2D eigenvalue weighted by Gasteiger charge is -2.09. The van der Waals surface area contributed by atoms with Crippen molar-refractivity contribution in [3.63, 3.8) is 0 Å². The van der Waals surface area contributed by atoms with Crippen molar-refractivity contribution in [3.05, 3.63) is 66.1 Å². The number of carbonyl (C=O) groups excluding carboxylic acids is 1. The first-order valence-corrected chi connectivity index (χ1v) is 6.64. The van der Waals surface area contributed by atoms with Gasteiger partial charge in [0.25, 0.3) is 5.91 Å². The normalized spacial score (nSPS) is 10.5. The number of nitrogens with one attached hydrogen (secondary N) is 1. The molecule has 1 N–H and O–H groups in total. The third kappa shape index (κ3) is 2.72. The zero-order chi connectivity index (χ0) is 14.7. The van der Waals surface area contributed by atoms with E-state index in [0.29, 0.717) is 17.9 Å². The number of aromatic nitrogens is 2. The molecular formula is C16H15N3O2. The molecule has 21 heavy (non-hydrogen) atoms. The molecule has 2 heterocycles. The topological polar surface area (TPSA) is 55.6 Å². The number of rotatable bonds is 4. The van der Waals surface area contributed by atoms with E-state index in [0.717, 1.165) is 11.3 Å². The van der Waals surface area contributed by atoms with Crippen molar-refractivity contribution >= 4 is 11.6 Å². The average molecular weight is 281 g/mol. The fourth-order valence-electron chi connectivity index (χ4n) is 2.12. The van der Waals surface area contributed by atoms with Crippen LogP contribution in [0.25, 0.3) is 5.65 Å². The zero-order valence-electron chi connectivity index (χ0n) is 11.6. The summed E-state index contributed by atoms with van der Waals surface area (Å²) >= 11 is 0. The van der Waals surface area contributed by atoms with Crippen molar-refractivity contribution in [3.8, 4) is 5.75 Å². The van der Waals surface area contributed by atoms with E-state index in [-0.39, 0.29) is 5.91 Å². The smallest absolute Gasteiger partial charge is 0.254 e. The first kappa shape index (κ1) is 13.2. The third-order valence-electron chi connectivity index (χ3n) is 3.15. The van der Waals surface area contributed by atoms with E-state index < -0.39 is 0 Å². The number of para-hydroxylation sites is 1. The van der Waals surface area contributed by atoms with Crippen LogP contribution < -0.4 is 10.1 Å². The quantitative estimate of drug-likeness (QED) is 0.798. The highest BCUT2D eigenvalue weighted by Gasteiger charge is 2.11. The van der Waals surface area contributed by atoms with E-state index in [1.54, 1.807) is 19.2 Å². The van der Waals surface area contributed by atoms with Gasteiger partial charge in [0.05, 0.1) is 11.3 Å². The molecule has 0 saturated carbocycles. The number of pyridine rings is 1. The summed E-state index contributed by atoms with van der Waals surface area (Å²) in [4.78, 5) is 16.2. The third-order valence-corrected chi connectivity index (χ3v) is 3.15. The molecule has 3 rings (SSSR count). The molecule has 2 aromatic heterocycles. The summed E-state index contributed by atoms with van der Waals surface area (Å²) in [5.74, 6) is 0.384. The lowest BCUT2D eigenvalue weighted by atomic mass is 10.2. The number of carbonyl (C=O) groups is 1. The van der Waals surface area contributed by atoms with Gasteiger partial charge >= 0.3 is 0 Å². The van der Waals surface area contributed by atoms with Crippen molar-refractivity contribution in [1.82, 2.24) is 14.7 Å². The van der Waals surface area contributed by atoms with Crippen LogP contribution >= 0.6 is 0 Å². The number of ether oxygens (including phenoxy) is 1. The molecule has 1 amide bonds. The Morgan fingerprint density at radius 1 is 1.24 bits per heavy atom. The Bertz CT molecular complexity index is 747. The molecule has 0 fully saturated rings. The summed E-state index contributed by atoms with van der Waals surface area (Å²) in [5, 5.41) is 2.60. The largest absolute Gasteiger partial charge is 0.486 e. The van der Waals surface area contributed by atoms with Gasteiger partial charge in [0.2, 0.25) is 0 Å². The molecule has 0 bridgehead atoms. The highest BCUT2D eigenvalue weighted by Crippen LogP contribution is 2.19. The Hall–Kier alpha value is -2.82. The van der Waals surface area contributed by atoms with Crippen molar-refractivity contribution in [2.75, 3.05) is 7.05 Å². The number of fused-ring (bicyclic) bond motifs is 1. The van der Waals surface area contributed by atoms with Gasteiger partial charge in [-0.05, 0) is 24.3 Å². The number of hydrogen-bond donors (Lipinski definition) is 1. The number of amides is 1. The van der Waals surface area contributed by atoms with Gasteiger partial charge in [-0.3, -0.25) is 4.79 Å². The van der Waals surface area contributed by atoms with Crippen molar-refractivity contribution in [1.29, 1.82) is 0 Å². The molecule has 0 atom stereocenters. The van der Waals surface area contributed by atoms with E-state index >= 15 is 0 Å². The van der Waals surface area contributed by atoms with E-state index in [4.69, 9.17) is 4.74 Å². The van der Waals surface area contributed by atoms with Crippen LogP contribution in [0.2, 0.25) is 0 Å². The molecule has 5 nitrogen and oxygen atoms in total. The number of imidazole rings is 1. The van der Waals surface area contributed by atoms with Crippen LogP contribution in [0, 0.1) is 0 Å². The second-order valence-electron chi connectivity index (χ2n) is 4.56. The van der Waals surface area contributed by atoms with Crippen LogP contribution in [0.5, 0.6) is 5.75 Å². The predicted octanol–water partition coefficient (Wildman–Crippen LogP) is 2.27. The van der Waals surface area contributed by atoms with Crippen LogP contribution in [0.4, 0.5) is 0 Å². The van der Waals surface area contributed by atoms with Gasteiger partial charge in [0.15, 0.2) is 0 Å². The fourth-order valence-corrected chi connectivity index (χ4v) is 2.12. The summed E-state index contributed by atoms with van der Waals surface area (Å²) in [6, 6.07) is 13.0. The molecule has 0 aliphatic heterocycles. The van der Waals surface area contributed by atoms with Gasteiger partial charge in [0, 0.05) is 19.4 Å². The zero-order valence-corrected chi connectivity index (χ0v) is 11.6. The molecule has 3 aromatic rings. The molecule has 0 unspecified atom stereocenters. The number of nitrogens with zero attached hydrogens (tertiary/aromatic N) is 2. The van der Waals surface area contributed by atoms with Crippen molar-refractivity contribution in [2.45, 2.75) is 6.61 Å². The second kappa shape index (κ2) is 5.66. The molecule has 106 valence electrons. The van der Waals surface area contributed by atoms with Crippen LogP contribution in [0.3, 0.4) is 0 Å². The van der Waals surface area contributed by atoms with Crippen molar-refractivity contribution < 1.29 is 9.53 Å². The molecule has 0 spiro atoms. The SMILES string of the molecule is CNC(=O)c1ccccc1OCc1cn2ccccc2n1. The molecular weight excluding hydrogens is 266 g/mol. The van der Waals surface area contributed by atoms with Crippen molar-refractivity contribution in [2.24, 2.45) is 0 Å². The van der Waals surface area contributed by atoms with Gasteiger partial charge in [-0.2, -0.15) is 0 Å². The second-order valence-corrected chi connectivity index (χ2v) is 4.56. The minimum atomic E-state index is -0.166. The number of hydrogen-bond acceptors (Lipinski definition) is 3. The molecule has 0 aliphatic carbocycles. The number of benzene rings is 1. The lowest BCUT2D eigenvalue weighted by Crippen LogP contribution is -2.18. The lowest BCUT2D eigenvalue weighted by molar-refractivity contribution is 0.0958. The minimum absolute atomic E-state index is 0.166.